The summed E-state index contributed by atoms with van der Waals surface area (Å²) in [6.45, 7) is 4.10. The highest BCUT2D eigenvalue weighted by Crippen LogP contribution is 2.34. The van der Waals surface area contributed by atoms with Crippen molar-refractivity contribution in [3.63, 3.8) is 0 Å². The molecule has 2 fully saturated rings. The van der Waals surface area contributed by atoms with E-state index < -0.39 is 0 Å². The van der Waals surface area contributed by atoms with Crippen molar-refractivity contribution in [2.75, 3.05) is 13.1 Å². The maximum atomic E-state index is 13.3. The molecule has 1 aromatic heterocycles. The van der Waals surface area contributed by atoms with Gasteiger partial charge in [-0.2, -0.15) is 0 Å². The van der Waals surface area contributed by atoms with E-state index in [0.717, 1.165) is 50.0 Å². The fourth-order valence-corrected chi connectivity index (χ4v) is 4.56. The summed E-state index contributed by atoms with van der Waals surface area (Å²) in [7, 11) is 0. The van der Waals surface area contributed by atoms with Crippen LogP contribution in [0.15, 0.2) is 42.6 Å². The zero-order valence-electron chi connectivity index (χ0n) is 15.7. The third-order valence-corrected chi connectivity index (χ3v) is 6.01. The van der Waals surface area contributed by atoms with Gasteiger partial charge in [0, 0.05) is 42.0 Å². The molecule has 2 aliphatic heterocycles. The molecule has 0 bridgehead atoms. The molecule has 142 valence electrons. The number of likely N-dealkylation sites (tertiary alicyclic amines) is 1. The van der Waals surface area contributed by atoms with Crippen LogP contribution in [0.1, 0.15) is 54.2 Å². The lowest BCUT2D eigenvalue weighted by molar-refractivity contribution is 0.0253. The number of piperidine rings is 2. The van der Waals surface area contributed by atoms with Gasteiger partial charge in [0.15, 0.2) is 0 Å². The Balaban J connectivity index is 1.54. The summed E-state index contributed by atoms with van der Waals surface area (Å²) in [6.07, 6.45) is 6.60. The standard InChI is InChI=1S/C22H26FN3O/c1-22-10-3-13-26(20(22)4-2-11-25-22)21(27)17-9-12-24-19(15-17)14-16-5-7-18(23)8-6-16/h5-9,12,15,20,25H,2-4,10-11,13-14H2,1H3/t20-,22+/m1/s1. The number of rotatable bonds is 3. The Kier molecular flexibility index (Phi) is 4.96. The molecule has 1 N–H and O–H groups in total. The van der Waals surface area contributed by atoms with Crippen LogP contribution >= 0.6 is 0 Å². The van der Waals surface area contributed by atoms with Crippen LogP contribution in [0.5, 0.6) is 0 Å². The molecule has 2 aliphatic rings. The first-order valence-electron chi connectivity index (χ1n) is 9.80. The van der Waals surface area contributed by atoms with Crippen LogP contribution in [0, 0.1) is 5.82 Å². The summed E-state index contributed by atoms with van der Waals surface area (Å²) in [5.41, 5.74) is 2.53. The molecule has 0 saturated carbocycles. The first-order chi connectivity index (χ1) is 13.0. The average Bonchev–Trinajstić information content (AvgIpc) is 2.68. The Hall–Kier alpha value is -2.27. The van der Waals surface area contributed by atoms with E-state index in [9.17, 15) is 9.18 Å². The van der Waals surface area contributed by atoms with Gasteiger partial charge in [-0.1, -0.05) is 12.1 Å². The second-order valence-electron chi connectivity index (χ2n) is 7.94. The summed E-state index contributed by atoms with van der Waals surface area (Å²) in [4.78, 5) is 19.7. The van der Waals surface area contributed by atoms with Crippen molar-refractivity contribution in [1.29, 1.82) is 0 Å². The molecule has 4 nitrogen and oxygen atoms in total. The highest BCUT2D eigenvalue weighted by molar-refractivity contribution is 5.94. The molecule has 2 saturated heterocycles. The first kappa shape index (κ1) is 18.1. The van der Waals surface area contributed by atoms with E-state index in [2.05, 4.69) is 22.1 Å². The number of carbonyl (C=O) groups is 1. The molecule has 5 heteroatoms. The summed E-state index contributed by atoms with van der Waals surface area (Å²) in [6, 6.07) is 10.4. The van der Waals surface area contributed by atoms with E-state index in [4.69, 9.17) is 0 Å². The SMILES string of the molecule is C[C@]12CCCN(C(=O)c3ccnc(Cc4ccc(F)cc4)c3)[C@@H]1CCCN2. The summed E-state index contributed by atoms with van der Waals surface area (Å²) >= 11 is 0. The Morgan fingerprint density at radius 1 is 1.30 bits per heavy atom. The van der Waals surface area contributed by atoms with Crippen molar-refractivity contribution < 1.29 is 9.18 Å². The fraction of sp³-hybridized carbons (Fsp3) is 0.455. The second-order valence-corrected chi connectivity index (χ2v) is 7.94. The number of nitrogens with one attached hydrogen (secondary N) is 1. The van der Waals surface area contributed by atoms with Gasteiger partial charge in [-0.15, -0.1) is 0 Å². The van der Waals surface area contributed by atoms with Crippen molar-refractivity contribution in [2.45, 2.75) is 50.6 Å². The van der Waals surface area contributed by atoms with Gasteiger partial charge >= 0.3 is 0 Å². The molecule has 0 radical (unpaired) electrons. The lowest BCUT2D eigenvalue weighted by Crippen LogP contribution is -2.65. The van der Waals surface area contributed by atoms with E-state index in [1.165, 1.54) is 12.1 Å². The Morgan fingerprint density at radius 2 is 2.11 bits per heavy atom. The number of benzene rings is 1. The highest BCUT2D eigenvalue weighted by atomic mass is 19.1. The number of fused-ring (bicyclic) bond motifs is 1. The fourth-order valence-electron chi connectivity index (χ4n) is 4.56. The van der Waals surface area contributed by atoms with Gasteiger partial charge in [0.05, 0.1) is 0 Å². The summed E-state index contributed by atoms with van der Waals surface area (Å²) in [5.74, 6) is -0.151. The topological polar surface area (TPSA) is 45.2 Å². The summed E-state index contributed by atoms with van der Waals surface area (Å²) in [5, 5.41) is 3.65. The minimum Gasteiger partial charge on any atom is -0.334 e. The zero-order valence-corrected chi connectivity index (χ0v) is 15.7. The average molecular weight is 367 g/mol. The minimum atomic E-state index is -0.245. The van der Waals surface area contributed by atoms with Crippen LogP contribution in [0.4, 0.5) is 4.39 Å². The Labute approximate surface area is 159 Å². The molecular weight excluding hydrogens is 341 g/mol. The van der Waals surface area contributed by atoms with Crippen LogP contribution < -0.4 is 5.32 Å². The van der Waals surface area contributed by atoms with Crippen molar-refractivity contribution in [3.8, 4) is 0 Å². The van der Waals surface area contributed by atoms with Gasteiger partial charge in [0.1, 0.15) is 5.82 Å². The predicted molar refractivity (Wildman–Crippen MR) is 103 cm³/mol. The number of pyridine rings is 1. The summed E-state index contributed by atoms with van der Waals surface area (Å²) < 4.78 is 13.1. The number of halogens is 1. The van der Waals surface area contributed by atoms with Crippen molar-refractivity contribution in [3.05, 3.63) is 65.2 Å². The smallest absolute Gasteiger partial charge is 0.254 e. The molecule has 2 aromatic rings. The molecule has 1 amide bonds. The number of aromatic nitrogens is 1. The number of hydrogen-bond donors (Lipinski definition) is 1. The molecule has 2 atom stereocenters. The molecule has 0 aliphatic carbocycles. The predicted octanol–water partition coefficient (Wildman–Crippen LogP) is 3.56. The van der Waals surface area contributed by atoms with Crippen LogP contribution in [-0.2, 0) is 6.42 Å². The molecule has 1 aromatic carbocycles. The van der Waals surface area contributed by atoms with Gasteiger partial charge in [0.2, 0.25) is 0 Å². The van der Waals surface area contributed by atoms with Crippen LogP contribution in [0.3, 0.4) is 0 Å². The monoisotopic (exact) mass is 367 g/mol. The van der Waals surface area contributed by atoms with E-state index in [-0.39, 0.29) is 23.3 Å². The van der Waals surface area contributed by atoms with E-state index in [0.29, 0.717) is 12.0 Å². The quantitative estimate of drug-likeness (QED) is 0.902. The van der Waals surface area contributed by atoms with Crippen LogP contribution in [-0.4, -0.2) is 40.5 Å². The van der Waals surface area contributed by atoms with Gasteiger partial charge in [-0.25, -0.2) is 4.39 Å². The van der Waals surface area contributed by atoms with Gasteiger partial charge < -0.3 is 10.2 Å². The van der Waals surface area contributed by atoms with Gasteiger partial charge in [0.25, 0.3) is 5.91 Å². The van der Waals surface area contributed by atoms with E-state index in [1.54, 1.807) is 24.4 Å². The number of nitrogens with zero attached hydrogens (tertiary/aromatic N) is 2. The van der Waals surface area contributed by atoms with E-state index in [1.807, 2.05) is 6.07 Å². The van der Waals surface area contributed by atoms with Gasteiger partial charge in [-0.05, 0) is 69.0 Å². The third kappa shape index (κ3) is 3.74. The Bertz CT molecular complexity index is 819. The van der Waals surface area contributed by atoms with Crippen molar-refractivity contribution >= 4 is 5.91 Å². The normalized spacial score (nSPS) is 25.1. The largest absolute Gasteiger partial charge is 0.334 e. The van der Waals surface area contributed by atoms with Crippen LogP contribution in [0.2, 0.25) is 0 Å². The third-order valence-electron chi connectivity index (χ3n) is 6.01. The number of hydrogen-bond acceptors (Lipinski definition) is 3. The Morgan fingerprint density at radius 3 is 2.93 bits per heavy atom. The van der Waals surface area contributed by atoms with E-state index >= 15 is 0 Å². The van der Waals surface area contributed by atoms with Gasteiger partial charge in [-0.3, -0.25) is 9.78 Å². The first-order valence-corrected chi connectivity index (χ1v) is 9.80. The van der Waals surface area contributed by atoms with Crippen molar-refractivity contribution in [1.82, 2.24) is 15.2 Å². The number of carbonyl (C=O) groups excluding carboxylic acids is 1. The highest BCUT2D eigenvalue weighted by Gasteiger charge is 2.44. The van der Waals surface area contributed by atoms with Crippen molar-refractivity contribution in [2.24, 2.45) is 0 Å². The molecule has 0 unspecified atom stereocenters. The molecule has 4 rings (SSSR count). The lowest BCUT2D eigenvalue weighted by Gasteiger charge is -2.51. The molecule has 3 heterocycles. The molecule has 27 heavy (non-hydrogen) atoms. The zero-order chi connectivity index (χ0) is 18.9. The molecule has 0 spiro atoms. The maximum Gasteiger partial charge on any atom is 0.254 e. The van der Waals surface area contributed by atoms with Crippen LogP contribution in [0.25, 0.3) is 0 Å². The number of amides is 1. The lowest BCUT2D eigenvalue weighted by atomic mass is 9.77. The maximum absolute atomic E-state index is 13.3. The second kappa shape index (κ2) is 7.39. The minimum absolute atomic E-state index is 0.0239. The molecular formula is C22H26FN3O.